The zero-order valence-electron chi connectivity index (χ0n) is 12.6. The normalized spacial score (nSPS) is 18.0. The molecule has 1 aliphatic rings. The number of benzene rings is 1. The fourth-order valence-electron chi connectivity index (χ4n) is 2.59. The Morgan fingerprint density at radius 1 is 1.41 bits per heavy atom. The monoisotopic (exact) mass is 321 g/mol. The first-order valence-corrected chi connectivity index (χ1v) is 7.16. The van der Waals surface area contributed by atoms with Crippen LogP contribution < -0.4 is 10.6 Å². The summed E-state index contributed by atoms with van der Waals surface area (Å²) in [6.07, 6.45) is 2.37. The van der Waals surface area contributed by atoms with E-state index in [1.165, 1.54) is 11.1 Å². The quantitative estimate of drug-likeness (QED) is 0.910. The Hall–Kier alpha value is -1.85. The Labute approximate surface area is 135 Å². The third-order valence-corrected chi connectivity index (χ3v) is 3.77. The number of nitrogens with zero attached hydrogens (tertiary/aromatic N) is 1. The van der Waals surface area contributed by atoms with E-state index in [9.17, 15) is 4.79 Å². The summed E-state index contributed by atoms with van der Waals surface area (Å²) in [6.45, 7) is 4.44. The maximum atomic E-state index is 12.4. The number of carbonyl (C=O) groups is 1. The summed E-state index contributed by atoms with van der Waals surface area (Å²) in [5.74, 6) is 1.26. The predicted octanol–water partition coefficient (Wildman–Crippen LogP) is 2.30. The zero-order chi connectivity index (χ0) is 14.8. The van der Waals surface area contributed by atoms with Crippen molar-refractivity contribution in [2.75, 3.05) is 0 Å². The minimum Gasteiger partial charge on any atom is -0.444 e. The fourth-order valence-corrected chi connectivity index (χ4v) is 2.59. The number of amides is 1. The van der Waals surface area contributed by atoms with E-state index in [4.69, 9.17) is 4.42 Å². The molecule has 1 aromatic heterocycles. The van der Waals surface area contributed by atoms with Crippen LogP contribution in [0.4, 0.5) is 0 Å². The number of carbonyl (C=O) groups excluding carboxylic acids is 1. The number of rotatable bonds is 3. The van der Waals surface area contributed by atoms with E-state index in [0.717, 1.165) is 12.3 Å². The van der Waals surface area contributed by atoms with Gasteiger partial charge in [-0.25, -0.2) is 4.98 Å². The minimum atomic E-state index is -0.231. The number of hydrogen-bond donors (Lipinski definition) is 2. The first-order valence-electron chi connectivity index (χ1n) is 7.16. The average Bonchev–Trinajstić information content (AvgIpc) is 2.93. The molecule has 22 heavy (non-hydrogen) atoms. The van der Waals surface area contributed by atoms with Crippen molar-refractivity contribution in [1.82, 2.24) is 15.6 Å². The number of fused-ring (bicyclic) bond motifs is 1. The molecule has 0 aliphatic carbocycles. The zero-order valence-corrected chi connectivity index (χ0v) is 13.4. The van der Waals surface area contributed by atoms with Crippen LogP contribution in [-0.4, -0.2) is 16.9 Å². The molecule has 0 saturated heterocycles. The van der Waals surface area contributed by atoms with Gasteiger partial charge in [0.25, 0.3) is 0 Å². The number of halogens is 1. The number of oxazole rings is 1. The summed E-state index contributed by atoms with van der Waals surface area (Å²) in [4.78, 5) is 16.5. The second-order valence-electron chi connectivity index (χ2n) is 5.45. The van der Waals surface area contributed by atoms with Crippen molar-refractivity contribution in [2.45, 2.75) is 38.9 Å². The third-order valence-electron chi connectivity index (χ3n) is 3.77. The fraction of sp³-hybridized carbons (Fsp3) is 0.375. The molecule has 2 unspecified atom stereocenters. The van der Waals surface area contributed by atoms with Gasteiger partial charge < -0.3 is 15.1 Å². The summed E-state index contributed by atoms with van der Waals surface area (Å²) in [6, 6.07) is 7.76. The van der Waals surface area contributed by atoms with E-state index in [1.807, 2.05) is 26.0 Å². The first kappa shape index (κ1) is 16.5. The van der Waals surface area contributed by atoms with Crippen LogP contribution in [0.3, 0.4) is 0 Å². The largest absolute Gasteiger partial charge is 0.444 e. The molecule has 0 radical (unpaired) electrons. The summed E-state index contributed by atoms with van der Waals surface area (Å²) in [5.41, 5.74) is 2.49. The standard InChI is InChI=1S/C16H19N3O2.ClH/c1-10-8-18-16(21-10)11(2)19-15(20)14-7-12-5-3-4-6-13(12)9-17-14;/h3-6,8,11,14,17H,7,9H2,1-2H3,(H,19,20);1H. The molecule has 2 atom stereocenters. The molecule has 3 rings (SSSR count). The molecule has 1 amide bonds. The molecule has 5 nitrogen and oxygen atoms in total. The Bertz CT molecular complexity index is 656. The van der Waals surface area contributed by atoms with Crippen molar-refractivity contribution < 1.29 is 9.21 Å². The number of aryl methyl sites for hydroxylation is 1. The van der Waals surface area contributed by atoms with Crippen molar-refractivity contribution in [2.24, 2.45) is 0 Å². The lowest BCUT2D eigenvalue weighted by Crippen LogP contribution is -2.48. The van der Waals surface area contributed by atoms with E-state index in [0.29, 0.717) is 12.3 Å². The van der Waals surface area contributed by atoms with Crippen LogP contribution in [0.2, 0.25) is 0 Å². The van der Waals surface area contributed by atoms with Crippen molar-refractivity contribution >= 4 is 18.3 Å². The van der Waals surface area contributed by atoms with Gasteiger partial charge in [0.05, 0.1) is 12.2 Å². The van der Waals surface area contributed by atoms with Gasteiger partial charge in [-0.15, -0.1) is 12.4 Å². The van der Waals surface area contributed by atoms with Crippen molar-refractivity contribution in [3.8, 4) is 0 Å². The molecule has 0 spiro atoms. The summed E-state index contributed by atoms with van der Waals surface area (Å²) in [7, 11) is 0. The molecule has 1 aliphatic heterocycles. The number of nitrogens with one attached hydrogen (secondary N) is 2. The molecular formula is C16H20ClN3O2. The van der Waals surface area contributed by atoms with Gasteiger partial charge in [0, 0.05) is 6.54 Å². The van der Waals surface area contributed by atoms with Gasteiger partial charge in [-0.2, -0.15) is 0 Å². The van der Waals surface area contributed by atoms with Crippen LogP contribution in [0.15, 0.2) is 34.9 Å². The van der Waals surface area contributed by atoms with E-state index < -0.39 is 0 Å². The number of hydrogen-bond acceptors (Lipinski definition) is 4. The second-order valence-corrected chi connectivity index (χ2v) is 5.45. The Kier molecular flexibility index (Phi) is 5.21. The molecule has 1 aromatic carbocycles. The molecular weight excluding hydrogens is 302 g/mol. The highest BCUT2D eigenvalue weighted by atomic mass is 35.5. The molecule has 0 saturated carbocycles. The van der Waals surface area contributed by atoms with E-state index in [1.54, 1.807) is 6.20 Å². The van der Waals surface area contributed by atoms with Crippen molar-refractivity contribution in [3.05, 3.63) is 53.2 Å². The third kappa shape index (κ3) is 3.48. The van der Waals surface area contributed by atoms with Crippen LogP contribution in [0.5, 0.6) is 0 Å². The van der Waals surface area contributed by atoms with Crippen LogP contribution in [0.1, 0.15) is 35.7 Å². The van der Waals surface area contributed by atoms with Gasteiger partial charge in [-0.1, -0.05) is 24.3 Å². The van der Waals surface area contributed by atoms with Crippen molar-refractivity contribution in [1.29, 1.82) is 0 Å². The molecule has 118 valence electrons. The molecule has 0 bridgehead atoms. The van der Waals surface area contributed by atoms with Crippen LogP contribution >= 0.6 is 12.4 Å². The molecule has 2 aromatic rings. The molecule has 2 N–H and O–H groups in total. The molecule has 0 fully saturated rings. The van der Waals surface area contributed by atoms with Gasteiger partial charge in [0.2, 0.25) is 11.8 Å². The van der Waals surface area contributed by atoms with Gasteiger partial charge in [0.1, 0.15) is 11.8 Å². The Morgan fingerprint density at radius 3 is 2.82 bits per heavy atom. The molecule has 2 heterocycles. The SMILES string of the molecule is Cc1cnc(C(C)NC(=O)C2Cc3ccccc3CN2)o1.Cl. The highest BCUT2D eigenvalue weighted by molar-refractivity contribution is 5.85. The second kappa shape index (κ2) is 6.94. The van der Waals surface area contributed by atoms with Gasteiger partial charge in [-0.05, 0) is 31.4 Å². The van der Waals surface area contributed by atoms with Crippen LogP contribution in [0.25, 0.3) is 0 Å². The van der Waals surface area contributed by atoms with Crippen LogP contribution in [0, 0.1) is 6.92 Å². The van der Waals surface area contributed by atoms with Gasteiger partial charge in [0.15, 0.2) is 0 Å². The molecule has 6 heteroatoms. The lowest BCUT2D eigenvalue weighted by Gasteiger charge is -2.26. The van der Waals surface area contributed by atoms with Gasteiger partial charge in [-0.3, -0.25) is 4.79 Å². The van der Waals surface area contributed by atoms with Crippen LogP contribution in [-0.2, 0) is 17.8 Å². The highest BCUT2D eigenvalue weighted by Crippen LogP contribution is 2.17. The summed E-state index contributed by atoms with van der Waals surface area (Å²) in [5, 5.41) is 6.23. The summed E-state index contributed by atoms with van der Waals surface area (Å²) < 4.78 is 5.44. The predicted molar refractivity (Wildman–Crippen MR) is 85.8 cm³/mol. The Morgan fingerprint density at radius 2 is 2.14 bits per heavy atom. The maximum absolute atomic E-state index is 12.4. The summed E-state index contributed by atoms with van der Waals surface area (Å²) >= 11 is 0. The van der Waals surface area contributed by atoms with Crippen molar-refractivity contribution in [3.63, 3.8) is 0 Å². The van der Waals surface area contributed by atoms with Gasteiger partial charge >= 0.3 is 0 Å². The maximum Gasteiger partial charge on any atom is 0.238 e. The highest BCUT2D eigenvalue weighted by Gasteiger charge is 2.25. The Balaban J connectivity index is 0.00000176. The lowest BCUT2D eigenvalue weighted by molar-refractivity contribution is -0.124. The minimum absolute atomic E-state index is 0. The van der Waals surface area contributed by atoms with E-state index in [2.05, 4.69) is 27.8 Å². The first-order chi connectivity index (χ1) is 10.1. The van der Waals surface area contributed by atoms with E-state index >= 15 is 0 Å². The smallest absolute Gasteiger partial charge is 0.238 e. The van der Waals surface area contributed by atoms with E-state index in [-0.39, 0.29) is 30.4 Å². The lowest BCUT2D eigenvalue weighted by atomic mass is 9.95. The average molecular weight is 322 g/mol. The topological polar surface area (TPSA) is 67.2 Å². The number of aromatic nitrogens is 1.